The molecule has 2 N–H and O–H groups in total. The molecule has 1 unspecified atom stereocenters. The number of urea groups is 1. The monoisotopic (exact) mass is 767 g/mol. The standard InChI is InChI=1S/C41H53N9O6/c1-28-26-52-21-19-48(28)40-45-44-36-17-18-47(27-49(36)40)56-34-16-15-33(31-12-5-6-13-32(31)34)42-39(51)43-37-25-35(41(2,3)4)46-50(37)29-10-9-11-30(24-29)53-22-23-55-38-14-7-8-20-54-38/h5-6,9-13,17-18,24-25,28,33-34,38H,7-8,14-16,19-23,26-27H2,1-4H3,(H2,42,43,51)/t28-,33-,34+,38?/m0/s1. The highest BCUT2D eigenvalue weighted by atomic mass is 16.7. The van der Waals surface area contributed by atoms with Crippen molar-refractivity contribution in [2.45, 2.75) is 96.4 Å². The van der Waals surface area contributed by atoms with Crippen molar-refractivity contribution in [3.63, 3.8) is 0 Å². The van der Waals surface area contributed by atoms with Gasteiger partial charge in [-0.15, -0.1) is 10.2 Å². The third-order valence-electron chi connectivity index (χ3n) is 10.6. The number of nitrogens with zero attached hydrogens (tertiary/aromatic N) is 7. The fraction of sp³-hybridized carbons (Fsp3) is 0.512. The third kappa shape index (κ3) is 8.55. The van der Waals surface area contributed by atoms with Crippen molar-refractivity contribution in [2.75, 3.05) is 49.8 Å². The lowest BCUT2D eigenvalue weighted by Crippen LogP contribution is -2.45. The minimum absolute atomic E-state index is 0.156. The SMILES string of the molecule is C[C@H]1COCCN1c1nnc2n1CN(O[C@@H]1CC[C@H](NC(=O)Nc3cc(C(C)(C)C)nn3-c3cccc(OCCOC4CCCCO4)c3)c3ccccc31)C=C2. The molecule has 4 atom stereocenters. The normalized spacial score (nSPS) is 22.4. The van der Waals surface area contributed by atoms with E-state index in [9.17, 15) is 4.79 Å². The van der Waals surface area contributed by atoms with E-state index in [0.717, 1.165) is 66.7 Å². The predicted molar refractivity (Wildman–Crippen MR) is 210 cm³/mol. The highest BCUT2D eigenvalue weighted by Gasteiger charge is 2.32. The number of morpholine rings is 1. The third-order valence-corrected chi connectivity index (χ3v) is 10.6. The predicted octanol–water partition coefficient (Wildman–Crippen LogP) is 6.48. The summed E-state index contributed by atoms with van der Waals surface area (Å²) in [6.07, 6.45) is 8.01. The molecule has 2 aromatic heterocycles. The number of carbonyl (C=O) groups is 1. The number of hydroxylamine groups is 2. The number of nitrogens with one attached hydrogen (secondary N) is 2. The molecule has 2 amide bonds. The van der Waals surface area contributed by atoms with E-state index < -0.39 is 0 Å². The molecule has 15 nitrogen and oxygen atoms in total. The molecule has 56 heavy (non-hydrogen) atoms. The Morgan fingerprint density at radius 1 is 0.982 bits per heavy atom. The van der Waals surface area contributed by atoms with E-state index in [1.54, 1.807) is 4.68 Å². The quantitative estimate of drug-likeness (QED) is 0.162. The summed E-state index contributed by atoms with van der Waals surface area (Å²) in [5.74, 6) is 2.85. The maximum Gasteiger partial charge on any atom is 0.320 e. The van der Waals surface area contributed by atoms with Gasteiger partial charge >= 0.3 is 6.03 Å². The lowest BCUT2D eigenvalue weighted by Gasteiger charge is -2.37. The minimum atomic E-state index is -0.316. The van der Waals surface area contributed by atoms with Crippen molar-refractivity contribution in [1.29, 1.82) is 0 Å². The number of hydrogen-bond donors (Lipinski definition) is 2. The molecule has 0 radical (unpaired) electrons. The molecule has 1 aliphatic carbocycles. The van der Waals surface area contributed by atoms with Gasteiger partial charge in [0.2, 0.25) is 5.95 Å². The Hall–Kier alpha value is -4.96. The second-order valence-corrected chi connectivity index (χ2v) is 15.8. The Bertz CT molecular complexity index is 2000. The molecular weight excluding hydrogens is 715 g/mol. The number of hydrogen-bond acceptors (Lipinski definition) is 11. The van der Waals surface area contributed by atoms with Crippen molar-refractivity contribution >= 4 is 23.9 Å². The molecule has 3 aliphatic heterocycles. The van der Waals surface area contributed by atoms with Crippen molar-refractivity contribution < 1.29 is 28.6 Å². The molecule has 2 aromatic carbocycles. The lowest BCUT2D eigenvalue weighted by atomic mass is 9.86. The average Bonchev–Trinajstić information content (AvgIpc) is 3.83. The second-order valence-electron chi connectivity index (χ2n) is 15.8. The van der Waals surface area contributed by atoms with E-state index in [1.165, 1.54) is 0 Å². The molecule has 4 aliphatic rings. The van der Waals surface area contributed by atoms with Crippen molar-refractivity contribution in [3.8, 4) is 11.4 Å². The maximum absolute atomic E-state index is 13.8. The van der Waals surface area contributed by atoms with Crippen LogP contribution in [0.4, 0.5) is 16.6 Å². The lowest BCUT2D eigenvalue weighted by molar-refractivity contribution is -0.190. The fourth-order valence-electron chi connectivity index (χ4n) is 7.61. The van der Waals surface area contributed by atoms with Crippen LogP contribution in [0.2, 0.25) is 0 Å². The van der Waals surface area contributed by atoms with E-state index in [2.05, 4.69) is 70.1 Å². The zero-order valence-electron chi connectivity index (χ0n) is 32.7. The summed E-state index contributed by atoms with van der Waals surface area (Å²) in [6.45, 7) is 12.6. The number of anilines is 2. The molecular formula is C41H53N9O6. The molecule has 0 saturated carbocycles. The van der Waals surface area contributed by atoms with Crippen molar-refractivity contribution in [3.05, 3.63) is 83.4 Å². The summed E-state index contributed by atoms with van der Waals surface area (Å²) >= 11 is 0. The number of aromatic nitrogens is 5. The molecule has 298 valence electrons. The molecule has 0 bridgehead atoms. The molecule has 15 heteroatoms. The molecule has 5 heterocycles. The number of amides is 2. The second kappa shape index (κ2) is 16.6. The topological polar surface area (TPSA) is 142 Å². The van der Waals surface area contributed by atoms with Crippen LogP contribution >= 0.6 is 0 Å². The van der Waals surface area contributed by atoms with Gasteiger partial charge in [-0.3, -0.25) is 14.7 Å². The van der Waals surface area contributed by atoms with Crippen LogP contribution in [-0.4, -0.2) is 87.6 Å². The summed E-state index contributed by atoms with van der Waals surface area (Å²) in [5.41, 5.74) is 3.44. The van der Waals surface area contributed by atoms with Gasteiger partial charge in [0.1, 0.15) is 30.9 Å². The van der Waals surface area contributed by atoms with Gasteiger partial charge in [0.25, 0.3) is 0 Å². The first-order valence-electron chi connectivity index (χ1n) is 19.8. The van der Waals surface area contributed by atoms with Crippen LogP contribution in [0.15, 0.2) is 60.8 Å². The van der Waals surface area contributed by atoms with Gasteiger partial charge in [0.05, 0.1) is 43.3 Å². The zero-order valence-corrected chi connectivity index (χ0v) is 32.7. The van der Waals surface area contributed by atoms with E-state index in [0.29, 0.717) is 57.5 Å². The van der Waals surface area contributed by atoms with Gasteiger partial charge in [-0.05, 0) is 62.3 Å². The first-order chi connectivity index (χ1) is 27.2. The highest BCUT2D eigenvalue weighted by molar-refractivity contribution is 5.89. The number of ether oxygens (including phenoxy) is 4. The van der Waals surface area contributed by atoms with Crippen LogP contribution in [0, 0.1) is 0 Å². The van der Waals surface area contributed by atoms with Crippen LogP contribution in [0.1, 0.15) is 94.6 Å². The molecule has 0 spiro atoms. The largest absolute Gasteiger partial charge is 0.491 e. The zero-order chi connectivity index (χ0) is 38.6. The first-order valence-corrected chi connectivity index (χ1v) is 19.8. The molecule has 8 rings (SSSR count). The Balaban J connectivity index is 0.923. The van der Waals surface area contributed by atoms with Gasteiger partial charge in [0, 0.05) is 43.0 Å². The van der Waals surface area contributed by atoms with E-state index in [4.69, 9.17) is 28.9 Å². The average molecular weight is 768 g/mol. The van der Waals surface area contributed by atoms with E-state index >= 15 is 0 Å². The molecule has 4 aromatic rings. The van der Waals surface area contributed by atoms with Crippen LogP contribution in [0.3, 0.4) is 0 Å². The van der Waals surface area contributed by atoms with Crippen molar-refractivity contribution in [1.82, 2.24) is 34.9 Å². The van der Waals surface area contributed by atoms with Gasteiger partial charge in [-0.25, -0.2) is 14.5 Å². The maximum atomic E-state index is 13.8. The van der Waals surface area contributed by atoms with E-state index in [1.807, 2.05) is 59.8 Å². The minimum Gasteiger partial charge on any atom is -0.491 e. The van der Waals surface area contributed by atoms with E-state index in [-0.39, 0.29) is 35.9 Å². The van der Waals surface area contributed by atoms with Crippen LogP contribution in [0.5, 0.6) is 5.75 Å². The Morgan fingerprint density at radius 2 is 1.86 bits per heavy atom. The highest BCUT2D eigenvalue weighted by Crippen LogP contribution is 2.39. The summed E-state index contributed by atoms with van der Waals surface area (Å²) in [4.78, 5) is 22.7. The fourth-order valence-corrected chi connectivity index (χ4v) is 7.61. The first kappa shape index (κ1) is 37.9. The van der Waals surface area contributed by atoms with Crippen molar-refractivity contribution in [2.24, 2.45) is 0 Å². The number of benzene rings is 2. The Labute approximate surface area is 327 Å². The smallest absolute Gasteiger partial charge is 0.320 e. The van der Waals surface area contributed by atoms with Gasteiger partial charge in [-0.2, -0.15) is 5.10 Å². The van der Waals surface area contributed by atoms with Crippen LogP contribution < -0.4 is 20.3 Å². The Morgan fingerprint density at radius 3 is 2.68 bits per heavy atom. The summed E-state index contributed by atoms with van der Waals surface area (Å²) in [6, 6.07) is 17.5. The Kier molecular flexibility index (Phi) is 11.3. The molecule has 2 saturated heterocycles. The van der Waals surface area contributed by atoms with Gasteiger partial charge in [0.15, 0.2) is 12.1 Å². The summed E-state index contributed by atoms with van der Waals surface area (Å²) < 4.78 is 27.0. The van der Waals surface area contributed by atoms with Gasteiger partial charge in [-0.1, -0.05) is 51.1 Å². The molecule has 2 fully saturated rings. The summed E-state index contributed by atoms with van der Waals surface area (Å²) in [5, 5.41) is 22.1. The van der Waals surface area contributed by atoms with Gasteiger partial charge < -0.3 is 29.2 Å². The number of rotatable bonds is 11. The number of fused-ring (bicyclic) bond motifs is 2. The van der Waals surface area contributed by atoms with Crippen LogP contribution in [0.25, 0.3) is 11.8 Å². The number of carbonyl (C=O) groups excluding carboxylic acids is 1. The summed E-state index contributed by atoms with van der Waals surface area (Å²) in [7, 11) is 0. The van der Waals surface area contributed by atoms with Crippen LogP contribution in [-0.2, 0) is 31.1 Å².